The van der Waals surface area contributed by atoms with E-state index in [1.165, 1.54) is 31.3 Å². The summed E-state index contributed by atoms with van der Waals surface area (Å²) >= 11 is 0. The van der Waals surface area contributed by atoms with Crippen LogP contribution in [0.3, 0.4) is 0 Å². The fourth-order valence-electron chi connectivity index (χ4n) is 2.17. The molecule has 1 aliphatic heterocycles. The molecule has 0 amide bonds. The van der Waals surface area contributed by atoms with Gasteiger partial charge in [0.1, 0.15) is 0 Å². The summed E-state index contributed by atoms with van der Waals surface area (Å²) in [5.41, 5.74) is 1.52. The van der Waals surface area contributed by atoms with Gasteiger partial charge in [-0.2, -0.15) is 0 Å². The SMILES string of the molecule is CC(=CCCNCC(C)C)CCC1CCCO1. The lowest BCUT2D eigenvalue weighted by Crippen LogP contribution is -2.20. The van der Waals surface area contributed by atoms with E-state index in [-0.39, 0.29) is 0 Å². The molecule has 0 spiro atoms. The molecule has 0 saturated carbocycles. The average Bonchev–Trinajstić information content (AvgIpc) is 2.78. The minimum absolute atomic E-state index is 0.539. The van der Waals surface area contributed by atoms with Crippen molar-refractivity contribution in [3.63, 3.8) is 0 Å². The molecule has 2 heteroatoms. The maximum Gasteiger partial charge on any atom is 0.0579 e. The fraction of sp³-hybridized carbons (Fsp3) is 0.867. The third-order valence-electron chi connectivity index (χ3n) is 3.25. The standard InChI is InChI=1S/C15H29NO/c1-13(2)12-16-10-4-6-14(3)8-9-15-7-5-11-17-15/h6,13,15-16H,4-5,7-12H2,1-3H3. The highest BCUT2D eigenvalue weighted by molar-refractivity contribution is 4.98. The van der Waals surface area contributed by atoms with Crippen LogP contribution in [0.2, 0.25) is 0 Å². The quantitative estimate of drug-likeness (QED) is 0.517. The van der Waals surface area contributed by atoms with E-state index < -0.39 is 0 Å². The van der Waals surface area contributed by atoms with E-state index in [1.807, 2.05) is 0 Å². The van der Waals surface area contributed by atoms with Gasteiger partial charge in [-0.15, -0.1) is 0 Å². The lowest BCUT2D eigenvalue weighted by molar-refractivity contribution is 0.104. The van der Waals surface area contributed by atoms with E-state index in [2.05, 4.69) is 32.2 Å². The minimum Gasteiger partial charge on any atom is -0.378 e. The molecule has 1 fully saturated rings. The molecule has 0 aliphatic carbocycles. The molecule has 17 heavy (non-hydrogen) atoms. The highest BCUT2D eigenvalue weighted by Gasteiger charge is 2.14. The molecule has 1 atom stereocenters. The molecule has 0 bridgehead atoms. The summed E-state index contributed by atoms with van der Waals surface area (Å²) in [6.07, 6.45) is 9.01. The van der Waals surface area contributed by atoms with Gasteiger partial charge in [0, 0.05) is 6.61 Å². The molecule has 0 aromatic rings. The number of nitrogens with one attached hydrogen (secondary N) is 1. The van der Waals surface area contributed by atoms with Crippen LogP contribution in [0, 0.1) is 5.92 Å². The van der Waals surface area contributed by atoms with Gasteiger partial charge in [-0.1, -0.05) is 25.5 Å². The van der Waals surface area contributed by atoms with Crippen molar-refractivity contribution in [2.45, 2.75) is 59.0 Å². The van der Waals surface area contributed by atoms with Crippen LogP contribution < -0.4 is 5.32 Å². The number of hydrogen-bond acceptors (Lipinski definition) is 2. The van der Waals surface area contributed by atoms with Gasteiger partial charge in [-0.25, -0.2) is 0 Å². The van der Waals surface area contributed by atoms with Crippen LogP contribution in [-0.2, 0) is 4.74 Å². The highest BCUT2D eigenvalue weighted by atomic mass is 16.5. The van der Waals surface area contributed by atoms with Crippen LogP contribution in [0.4, 0.5) is 0 Å². The molecule has 1 rings (SSSR count). The molecule has 0 aromatic carbocycles. The Bertz CT molecular complexity index is 217. The highest BCUT2D eigenvalue weighted by Crippen LogP contribution is 2.19. The van der Waals surface area contributed by atoms with Crippen molar-refractivity contribution in [2.24, 2.45) is 5.92 Å². The molecular weight excluding hydrogens is 210 g/mol. The molecular formula is C15H29NO. The van der Waals surface area contributed by atoms with Gasteiger partial charge in [-0.3, -0.25) is 0 Å². The van der Waals surface area contributed by atoms with Crippen molar-refractivity contribution in [2.75, 3.05) is 19.7 Å². The minimum atomic E-state index is 0.539. The van der Waals surface area contributed by atoms with Crippen LogP contribution in [0.1, 0.15) is 52.9 Å². The second kappa shape index (κ2) is 8.71. The Hall–Kier alpha value is -0.340. The zero-order chi connectivity index (χ0) is 12.5. The molecule has 1 unspecified atom stereocenters. The third kappa shape index (κ3) is 7.56. The zero-order valence-electron chi connectivity index (χ0n) is 11.8. The lowest BCUT2D eigenvalue weighted by Gasteiger charge is -2.09. The summed E-state index contributed by atoms with van der Waals surface area (Å²) in [5.74, 6) is 0.750. The van der Waals surface area contributed by atoms with Crippen molar-refractivity contribution in [1.82, 2.24) is 5.32 Å². The van der Waals surface area contributed by atoms with Crippen LogP contribution in [-0.4, -0.2) is 25.8 Å². The normalized spacial score (nSPS) is 21.4. The van der Waals surface area contributed by atoms with Gasteiger partial charge in [-0.05, 0) is 58.0 Å². The number of hydrogen-bond donors (Lipinski definition) is 1. The molecule has 2 nitrogen and oxygen atoms in total. The molecule has 1 aliphatic rings. The van der Waals surface area contributed by atoms with Crippen molar-refractivity contribution < 1.29 is 4.74 Å². The second-order valence-electron chi connectivity index (χ2n) is 5.61. The van der Waals surface area contributed by atoms with Gasteiger partial charge in [0.05, 0.1) is 6.10 Å². The maximum absolute atomic E-state index is 5.63. The first kappa shape index (κ1) is 14.7. The zero-order valence-corrected chi connectivity index (χ0v) is 11.8. The van der Waals surface area contributed by atoms with E-state index in [1.54, 1.807) is 0 Å². The first-order valence-corrected chi connectivity index (χ1v) is 7.16. The monoisotopic (exact) mass is 239 g/mol. The predicted octanol–water partition coefficient (Wildman–Crippen LogP) is 3.53. The molecule has 0 aromatic heterocycles. The number of rotatable bonds is 8. The van der Waals surface area contributed by atoms with Crippen LogP contribution in [0.15, 0.2) is 11.6 Å². The Labute approximate surface area is 107 Å². The topological polar surface area (TPSA) is 21.3 Å². The van der Waals surface area contributed by atoms with Crippen molar-refractivity contribution in [3.05, 3.63) is 11.6 Å². The maximum atomic E-state index is 5.63. The van der Waals surface area contributed by atoms with Gasteiger partial charge < -0.3 is 10.1 Å². The summed E-state index contributed by atoms with van der Waals surface area (Å²) in [6, 6.07) is 0. The summed E-state index contributed by atoms with van der Waals surface area (Å²) in [6.45, 7) is 9.95. The number of ether oxygens (including phenoxy) is 1. The van der Waals surface area contributed by atoms with Gasteiger partial charge >= 0.3 is 0 Å². The Kier molecular flexibility index (Phi) is 7.54. The average molecular weight is 239 g/mol. The van der Waals surface area contributed by atoms with Gasteiger partial charge in [0.2, 0.25) is 0 Å². The summed E-state index contributed by atoms with van der Waals surface area (Å²) < 4.78 is 5.63. The van der Waals surface area contributed by atoms with Crippen LogP contribution >= 0.6 is 0 Å². The van der Waals surface area contributed by atoms with E-state index in [4.69, 9.17) is 4.74 Å². The Morgan fingerprint density at radius 1 is 1.47 bits per heavy atom. The first-order chi connectivity index (χ1) is 8.18. The first-order valence-electron chi connectivity index (χ1n) is 7.16. The smallest absolute Gasteiger partial charge is 0.0579 e. The Balaban J connectivity index is 1.99. The van der Waals surface area contributed by atoms with E-state index in [0.717, 1.165) is 32.0 Å². The van der Waals surface area contributed by atoms with Crippen LogP contribution in [0.25, 0.3) is 0 Å². The lowest BCUT2D eigenvalue weighted by atomic mass is 10.1. The van der Waals surface area contributed by atoms with Crippen molar-refractivity contribution in [1.29, 1.82) is 0 Å². The summed E-state index contributed by atoms with van der Waals surface area (Å²) in [7, 11) is 0. The predicted molar refractivity (Wildman–Crippen MR) is 74.3 cm³/mol. The van der Waals surface area contributed by atoms with Crippen LogP contribution in [0.5, 0.6) is 0 Å². The Morgan fingerprint density at radius 2 is 2.29 bits per heavy atom. The third-order valence-corrected chi connectivity index (χ3v) is 3.25. The van der Waals surface area contributed by atoms with E-state index in [0.29, 0.717) is 6.10 Å². The van der Waals surface area contributed by atoms with E-state index >= 15 is 0 Å². The summed E-state index contributed by atoms with van der Waals surface area (Å²) in [5, 5.41) is 3.47. The molecule has 1 heterocycles. The molecule has 100 valence electrons. The number of allylic oxidation sites excluding steroid dienone is 1. The largest absolute Gasteiger partial charge is 0.378 e. The molecule has 1 saturated heterocycles. The van der Waals surface area contributed by atoms with Crippen molar-refractivity contribution >= 4 is 0 Å². The molecule has 0 radical (unpaired) electrons. The molecule has 1 N–H and O–H groups in total. The van der Waals surface area contributed by atoms with Crippen molar-refractivity contribution in [3.8, 4) is 0 Å². The second-order valence-corrected chi connectivity index (χ2v) is 5.61. The van der Waals surface area contributed by atoms with E-state index in [9.17, 15) is 0 Å². The van der Waals surface area contributed by atoms with Gasteiger partial charge in [0.15, 0.2) is 0 Å². The van der Waals surface area contributed by atoms with Gasteiger partial charge in [0.25, 0.3) is 0 Å². The summed E-state index contributed by atoms with van der Waals surface area (Å²) in [4.78, 5) is 0. The Morgan fingerprint density at radius 3 is 2.94 bits per heavy atom. The fourth-order valence-corrected chi connectivity index (χ4v) is 2.17.